The smallest absolute Gasteiger partial charge is 0.293 e. The number of carbonyl (C=O) groups excluding carboxylic acids is 1. The second-order valence-corrected chi connectivity index (χ2v) is 7.12. The third kappa shape index (κ3) is 4.18. The lowest BCUT2D eigenvalue weighted by Gasteiger charge is -2.12. The normalized spacial score (nSPS) is 10.8. The number of aryl methyl sites for hydroxylation is 1. The van der Waals surface area contributed by atoms with E-state index in [1.165, 1.54) is 30.6 Å². The van der Waals surface area contributed by atoms with Crippen LogP contribution >= 0.6 is 0 Å². The van der Waals surface area contributed by atoms with Gasteiger partial charge in [-0.1, -0.05) is 31.2 Å². The van der Waals surface area contributed by atoms with Gasteiger partial charge in [-0.05, 0) is 30.2 Å². The van der Waals surface area contributed by atoms with Crippen LogP contribution in [0.25, 0.3) is 16.8 Å². The summed E-state index contributed by atoms with van der Waals surface area (Å²) in [6.45, 7) is 1.83. The van der Waals surface area contributed by atoms with Crippen molar-refractivity contribution in [3.05, 3.63) is 70.8 Å². The van der Waals surface area contributed by atoms with Crippen molar-refractivity contribution >= 4 is 17.1 Å². The van der Waals surface area contributed by atoms with Crippen molar-refractivity contribution in [3.63, 3.8) is 0 Å². The number of hydrogen-bond donors (Lipinski definition) is 1. The Morgan fingerprint density at radius 2 is 1.84 bits per heavy atom. The van der Waals surface area contributed by atoms with Crippen LogP contribution in [-0.2, 0) is 17.8 Å². The Balaban J connectivity index is 1.58. The summed E-state index contributed by atoms with van der Waals surface area (Å²) < 4.78 is 13.0. The molecule has 0 aliphatic heterocycles. The van der Waals surface area contributed by atoms with Crippen LogP contribution in [0.15, 0.2) is 59.7 Å². The van der Waals surface area contributed by atoms with Crippen LogP contribution in [-0.4, -0.2) is 39.5 Å². The van der Waals surface area contributed by atoms with Crippen LogP contribution < -0.4 is 20.3 Å². The third-order valence-corrected chi connectivity index (χ3v) is 5.12. The van der Waals surface area contributed by atoms with Crippen LogP contribution in [0.2, 0.25) is 0 Å². The Hall–Kier alpha value is -4.14. The van der Waals surface area contributed by atoms with E-state index in [0.717, 1.165) is 16.7 Å². The van der Waals surface area contributed by atoms with Gasteiger partial charge in [-0.25, -0.2) is 9.20 Å². The van der Waals surface area contributed by atoms with E-state index in [2.05, 4.69) is 22.4 Å². The van der Waals surface area contributed by atoms with Crippen LogP contribution in [0.4, 0.5) is 5.69 Å². The van der Waals surface area contributed by atoms with Crippen LogP contribution in [0.3, 0.4) is 0 Å². The molecule has 0 aliphatic carbocycles. The summed E-state index contributed by atoms with van der Waals surface area (Å²) in [6, 6.07) is 14.8. The first-order valence-corrected chi connectivity index (χ1v) is 10.1. The van der Waals surface area contributed by atoms with Crippen molar-refractivity contribution in [2.75, 3.05) is 19.5 Å². The highest BCUT2D eigenvalue weighted by molar-refractivity contribution is 5.92. The number of rotatable bonds is 7. The molecule has 1 amide bonds. The monoisotopic (exact) mass is 433 g/mol. The molecule has 9 nitrogen and oxygen atoms in total. The molecule has 2 heterocycles. The molecule has 0 saturated heterocycles. The first kappa shape index (κ1) is 21.1. The van der Waals surface area contributed by atoms with Gasteiger partial charge in [-0.15, -0.1) is 0 Å². The summed E-state index contributed by atoms with van der Waals surface area (Å²) >= 11 is 0. The van der Waals surface area contributed by atoms with E-state index in [1.807, 2.05) is 24.3 Å². The number of carbonyl (C=O) groups is 1. The zero-order valence-electron chi connectivity index (χ0n) is 18.0. The van der Waals surface area contributed by atoms with Crippen molar-refractivity contribution in [2.24, 2.45) is 0 Å². The Labute approximate surface area is 184 Å². The largest absolute Gasteiger partial charge is 0.497 e. The Bertz CT molecular complexity index is 1320. The van der Waals surface area contributed by atoms with E-state index in [-0.39, 0.29) is 6.54 Å². The molecule has 32 heavy (non-hydrogen) atoms. The summed E-state index contributed by atoms with van der Waals surface area (Å²) in [6.07, 6.45) is 2.36. The molecule has 2 aromatic heterocycles. The fraction of sp³-hybridized carbons (Fsp3) is 0.217. The molecule has 0 saturated carbocycles. The van der Waals surface area contributed by atoms with Gasteiger partial charge in [0, 0.05) is 11.6 Å². The van der Waals surface area contributed by atoms with Gasteiger partial charge < -0.3 is 14.8 Å². The standard InChI is InChI=1S/C23H23N5O4/c1-4-15-5-7-16(8-6-15)18-12-20-23(30)27(24-14-28(20)26-18)13-22(29)25-19-11-17(31-2)9-10-21(19)32-3/h5-12,14H,4,13H2,1-3H3,(H,25,29). The van der Waals surface area contributed by atoms with Gasteiger partial charge in [0.1, 0.15) is 29.9 Å². The van der Waals surface area contributed by atoms with E-state index >= 15 is 0 Å². The Morgan fingerprint density at radius 3 is 2.53 bits per heavy atom. The van der Waals surface area contributed by atoms with E-state index < -0.39 is 11.5 Å². The molecule has 1 N–H and O–H groups in total. The number of methoxy groups -OCH3 is 2. The van der Waals surface area contributed by atoms with Crippen LogP contribution in [0.1, 0.15) is 12.5 Å². The summed E-state index contributed by atoms with van der Waals surface area (Å²) in [5, 5.41) is 11.3. The van der Waals surface area contributed by atoms with E-state index in [9.17, 15) is 9.59 Å². The average molecular weight is 433 g/mol. The number of amides is 1. The third-order valence-electron chi connectivity index (χ3n) is 5.12. The van der Waals surface area contributed by atoms with E-state index in [1.54, 1.807) is 24.3 Å². The molecule has 9 heteroatoms. The molecule has 0 aliphatic rings. The summed E-state index contributed by atoms with van der Waals surface area (Å²) in [5.74, 6) is 0.617. The van der Waals surface area contributed by atoms with Gasteiger partial charge in [-0.3, -0.25) is 9.59 Å². The number of nitrogens with one attached hydrogen (secondary N) is 1. The fourth-order valence-electron chi connectivity index (χ4n) is 3.34. The van der Waals surface area contributed by atoms with E-state index in [0.29, 0.717) is 28.4 Å². The van der Waals surface area contributed by atoms with Crippen molar-refractivity contribution in [2.45, 2.75) is 19.9 Å². The highest BCUT2D eigenvalue weighted by Crippen LogP contribution is 2.28. The molecule has 0 spiro atoms. The van der Waals surface area contributed by atoms with Crippen molar-refractivity contribution in [1.29, 1.82) is 0 Å². The maximum Gasteiger partial charge on any atom is 0.293 e. The van der Waals surface area contributed by atoms with Crippen molar-refractivity contribution in [3.8, 4) is 22.8 Å². The molecule has 2 aromatic carbocycles. The maximum atomic E-state index is 12.9. The molecular formula is C23H23N5O4. The number of aromatic nitrogens is 4. The molecule has 0 fully saturated rings. The van der Waals surface area contributed by atoms with Crippen LogP contribution in [0.5, 0.6) is 11.5 Å². The zero-order valence-corrected chi connectivity index (χ0v) is 18.0. The van der Waals surface area contributed by atoms with Gasteiger partial charge >= 0.3 is 0 Å². The second kappa shape index (κ2) is 8.93. The van der Waals surface area contributed by atoms with Gasteiger partial charge in [0.2, 0.25) is 5.91 Å². The quantitative estimate of drug-likeness (QED) is 0.481. The number of nitrogens with zero attached hydrogens (tertiary/aromatic N) is 4. The SMILES string of the molecule is CCc1ccc(-c2cc3c(=O)n(CC(=O)Nc4cc(OC)ccc4OC)ncn3n2)cc1. The minimum absolute atomic E-state index is 0.262. The molecule has 164 valence electrons. The Morgan fingerprint density at radius 1 is 1.06 bits per heavy atom. The number of hydrogen-bond acceptors (Lipinski definition) is 6. The Kier molecular flexibility index (Phi) is 5.89. The lowest BCUT2D eigenvalue weighted by molar-refractivity contribution is -0.117. The minimum Gasteiger partial charge on any atom is -0.497 e. The zero-order chi connectivity index (χ0) is 22.7. The number of ether oxygens (including phenoxy) is 2. The first-order chi connectivity index (χ1) is 15.5. The van der Waals surface area contributed by atoms with Crippen molar-refractivity contribution in [1.82, 2.24) is 19.4 Å². The molecular weight excluding hydrogens is 410 g/mol. The topological polar surface area (TPSA) is 99.8 Å². The van der Waals surface area contributed by atoms with E-state index in [4.69, 9.17) is 9.47 Å². The van der Waals surface area contributed by atoms with Gasteiger partial charge in [0.15, 0.2) is 0 Å². The van der Waals surface area contributed by atoms with Crippen LogP contribution in [0, 0.1) is 0 Å². The highest BCUT2D eigenvalue weighted by atomic mass is 16.5. The molecule has 4 rings (SSSR count). The maximum absolute atomic E-state index is 12.9. The van der Waals surface area contributed by atoms with Gasteiger partial charge in [0.05, 0.1) is 25.6 Å². The molecule has 4 aromatic rings. The lowest BCUT2D eigenvalue weighted by atomic mass is 10.1. The summed E-state index contributed by atoms with van der Waals surface area (Å²) in [5.41, 5.74) is 3.15. The first-order valence-electron chi connectivity index (χ1n) is 10.1. The minimum atomic E-state index is -0.426. The summed E-state index contributed by atoms with van der Waals surface area (Å²) in [7, 11) is 3.04. The lowest BCUT2D eigenvalue weighted by Crippen LogP contribution is -2.30. The molecule has 0 atom stereocenters. The number of anilines is 1. The van der Waals surface area contributed by atoms with Crippen molar-refractivity contribution < 1.29 is 14.3 Å². The van der Waals surface area contributed by atoms with Gasteiger partial charge in [-0.2, -0.15) is 10.2 Å². The average Bonchev–Trinajstić information content (AvgIpc) is 3.26. The second-order valence-electron chi connectivity index (χ2n) is 7.12. The highest BCUT2D eigenvalue weighted by Gasteiger charge is 2.14. The number of benzene rings is 2. The predicted molar refractivity (Wildman–Crippen MR) is 120 cm³/mol. The molecule has 0 unspecified atom stereocenters. The summed E-state index contributed by atoms with van der Waals surface area (Å²) in [4.78, 5) is 25.5. The fourth-order valence-corrected chi connectivity index (χ4v) is 3.34. The van der Waals surface area contributed by atoms with Gasteiger partial charge in [0.25, 0.3) is 5.56 Å². The molecule has 0 bridgehead atoms. The number of fused-ring (bicyclic) bond motifs is 1. The molecule has 0 radical (unpaired) electrons. The predicted octanol–water partition coefficient (Wildman–Crippen LogP) is 2.78.